The number of aliphatic hydroxyl groups is 1. The van der Waals surface area contributed by atoms with Crippen molar-refractivity contribution in [3.05, 3.63) is 24.0 Å². The minimum Gasteiger partial charge on any atom is -0.390 e. The third kappa shape index (κ3) is 3.21. The minimum absolute atomic E-state index is 0.241. The Balaban J connectivity index is 1.45. The Bertz CT molecular complexity index is 718. The first-order chi connectivity index (χ1) is 11.5. The first-order valence-corrected chi connectivity index (χ1v) is 8.62. The van der Waals surface area contributed by atoms with E-state index in [1.807, 2.05) is 19.9 Å². The van der Waals surface area contributed by atoms with Gasteiger partial charge in [0, 0.05) is 42.9 Å². The lowest BCUT2D eigenvalue weighted by Gasteiger charge is -2.25. The normalized spacial score (nSPS) is 21.3. The van der Waals surface area contributed by atoms with E-state index in [-0.39, 0.29) is 5.92 Å². The minimum atomic E-state index is -0.668. The van der Waals surface area contributed by atoms with Crippen molar-refractivity contribution in [2.45, 2.75) is 44.6 Å². The second kappa shape index (κ2) is 5.73. The summed E-state index contributed by atoms with van der Waals surface area (Å²) in [4.78, 5) is 11.1. The number of hydrogen-bond donors (Lipinski definition) is 3. The smallest absolute Gasteiger partial charge is 0.227 e. The van der Waals surface area contributed by atoms with Gasteiger partial charge in [-0.25, -0.2) is 4.98 Å². The van der Waals surface area contributed by atoms with Gasteiger partial charge >= 0.3 is 0 Å². The van der Waals surface area contributed by atoms with Crippen LogP contribution < -0.4 is 10.2 Å². The average Bonchev–Trinajstić information content (AvgIpc) is 3.08. The molecule has 0 amide bonds. The Morgan fingerprint density at radius 1 is 1.29 bits per heavy atom. The molecule has 1 saturated carbocycles. The fourth-order valence-corrected chi connectivity index (χ4v) is 3.22. The van der Waals surface area contributed by atoms with Crippen LogP contribution in [0.4, 0.5) is 17.6 Å². The van der Waals surface area contributed by atoms with E-state index in [1.54, 1.807) is 6.20 Å². The van der Waals surface area contributed by atoms with Gasteiger partial charge in [-0.2, -0.15) is 10.1 Å². The largest absolute Gasteiger partial charge is 0.390 e. The van der Waals surface area contributed by atoms with E-state index in [0.29, 0.717) is 11.9 Å². The summed E-state index contributed by atoms with van der Waals surface area (Å²) in [6, 6.07) is 3.90. The summed E-state index contributed by atoms with van der Waals surface area (Å²) in [6.45, 7) is 5.39. The fourth-order valence-electron chi connectivity index (χ4n) is 3.22. The van der Waals surface area contributed by atoms with Crippen molar-refractivity contribution in [3.63, 3.8) is 0 Å². The van der Waals surface area contributed by atoms with E-state index in [2.05, 4.69) is 36.4 Å². The summed E-state index contributed by atoms with van der Waals surface area (Å²) in [6.07, 6.45) is 5.21. The van der Waals surface area contributed by atoms with E-state index in [9.17, 15) is 5.11 Å². The molecule has 1 atom stereocenters. The molecule has 24 heavy (non-hydrogen) atoms. The van der Waals surface area contributed by atoms with Gasteiger partial charge in [-0.05, 0) is 39.2 Å². The molecular formula is C17H24N6O. The van der Waals surface area contributed by atoms with Gasteiger partial charge in [0.2, 0.25) is 5.95 Å². The molecular weight excluding hydrogens is 304 g/mol. The molecule has 2 aromatic heterocycles. The van der Waals surface area contributed by atoms with E-state index in [0.717, 1.165) is 31.1 Å². The number of aromatic amines is 1. The Morgan fingerprint density at radius 3 is 2.83 bits per heavy atom. The highest BCUT2D eigenvalue weighted by Gasteiger charge is 2.34. The Labute approximate surface area is 141 Å². The molecule has 0 unspecified atom stereocenters. The molecule has 1 saturated heterocycles. The van der Waals surface area contributed by atoms with Crippen LogP contribution >= 0.6 is 0 Å². The number of H-pyrrole nitrogens is 1. The first-order valence-electron chi connectivity index (χ1n) is 8.62. The molecule has 2 fully saturated rings. The van der Waals surface area contributed by atoms with E-state index >= 15 is 0 Å². The van der Waals surface area contributed by atoms with Gasteiger partial charge in [0.15, 0.2) is 5.82 Å². The number of nitrogens with one attached hydrogen (secondary N) is 2. The summed E-state index contributed by atoms with van der Waals surface area (Å²) in [5.74, 6) is 3.12. The molecule has 2 aromatic rings. The predicted molar refractivity (Wildman–Crippen MR) is 92.5 cm³/mol. The topological polar surface area (TPSA) is 90.0 Å². The maximum atomic E-state index is 10.2. The Morgan fingerprint density at radius 2 is 2.12 bits per heavy atom. The van der Waals surface area contributed by atoms with Crippen molar-refractivity contribution >= 4 is 17.6 Å². The Hall–Kier alpha value is -2.15. The molecule has 3 heterocycles. The predicted octanol–water partition coefficient (Wildman–Crippen LogP) is 2.42. The summed E-state index contributed by atoms with van der Waals surface area (Å²) in [5.41, 5.74) is 0.526. The summed E-state index contributed by atoms with van der Waals surface area (Å²) in [7, 11) is 0. The van der Waals surface area contributed by atoms with Crippen LogP contribution in [-0.4, -0.2) is 44.0 Å². The van der Waals surface area contributed by atoms with Crippen molar-refractivity contribution in [1.29, 1.82) is 0 Å². The van der Waals surface area contributed by atoms with Gasteiger partial charge in [-0.3, -0.25) is 5.10 Å². The molecule has 7 heteroatoms. The van der Waals surface area contributed by atoms with Gasteiger partial charge in [0.25, 0.3) is 0 Å². The first kappa shape index (κ1) is 15.4. The van der Waals surface area contributed by atoms with Crippen LogP contribution in [0, 0.1) is 5.92 Å². The molecule has 0 spiro atoms. The number of nitrogens with zero attached hydrogens (tertiary/aromatic N) is 4. The zero-order valence-corrected chi connectivity index (χ0v) is 14.2. The zero-order valence-electron chi connectivity index (χ0n) is 14.2. The SMILES string of the molecule is CC(C)(O)[C@H]1CCN(c2nccc(Nc3cc(C4CC4)[nH]n3)n2)C1. The van der Waals surface area contributed by atoms with Crippen LogP contribution in [0.1, 0.15) is 44.7 Å². The van der Waals surface area contributed by atoms with E-state index in [4.69, 9.17) is 0 Å². The maximum Gasteiger partial charge on any atom is 0.227 e. The summed E-state index contributed by atoms with van der Waals surface area (Å²) in [5, 5.41) is 20.8. The monoisotopic (exact) mass is 328 g/mol. The average molecular weight is 328 g/mol. The van der Waals surface area contributed by atoms with Crippen LogP contribution in [0.5, 0.6) is 0 Å². The number of aromatic nitrogens is 4. The van der Waals surface area contributed by atoms with Gasteiger partial charge < -0.3 is 15.3 Å². The second-order valence-corrected chi connectivity index (χ2v) is 7.43. The fraction of sp³-hybridized carbons (Fsp3) is 0.588. The highest BCUT2D eigenvalue weighted by Crippen LogP contribution is 2.39. The molecule has 4 rings (SSSR count). The molecule has 128 valence electrons. The zero-order chi connectivity index (χ0) is 16.7. The molecule has 3 N–H and O–H groups in total. The second-order valence-electron chi connectivity index (χ2n) is 7.43. The van der Waals surface area contributed by atoms with E-state index in [1.165, 1.54) is 18.5 Å². The third-order valence-corrected chi connectivity index (χ3v) is 4.98. The van der Waals surface area contributed by atoms with Crippen molar-refractivity contribution in [3.8, 4) is 0 Å². The number of anilines is 3. The van der Waals surface area contributed by atoms with Crippen molar-refractivity contribution in [2.75, 3.05) is 23.3 Å². The van der Waals surface area contributed by atoms with Crippen LogP contribution in [0.2, 0.25) is 0 Å². The van der Waals surface area contributed by atoms with Gasteiger partial charge in [0.05, 0.1) is 5.60 Å². The molecule has 1 aliphatic carbocycles. The quantitative estimate of drug-likeness (QED) is 0.781. The molecule has 7 nitrogen and oxygen atoms in total. The molecule has 1 aliphatic heterocycles. The van der Waals surface area contributed by atoms with Crippen molar-refractivity contribution < 1.29 is 5.11 Å². The van der Waals surface area contributed by atoms with Gasteiger partial charge in [-0.15, -0.1) is 0 Å². The van der Waals surface area contributed by atoms with Crippen LogP contribution in [0.25, 0.3) is 0 Å². The standard InChI is InChI=1S/C17H24N6O/c1-17(2,24)12-6-8-23(10-12)16-18-7-5-14(20-16)19-15-9-13(21-22-15)11-3-4-11/h5,7,9,11-12,24H,3-4,6,8,10H2,1-2H3,(H2,18,19,20,21,22)/t12-/m0/s1. The lowest BCUT2D eigenvalue weighted by Crippen LogP contribution is -2.33. The van der Waals surface area contributed by atoms with E-state index < -0.39 is 5.60 Å². The summed E-state index contributed by atoms with van der Waals surface area (Å²) >= 11 is 0. The van der Waals surface area contributed by atoms with Crippen molar-refractivity contribution in [2.24, 2.45) is 5.92 Å². The van der Waals surface area contributed by atoms with Crippen LogP contribution in [0.3, 0.4) is 0 Å². The lowest BCUT2D eigenvalue weighted by atomic mass is 9.91. The van der Waals surface area contributed by atoms with Crippen molar-refractivity contribution in [1.82, 2.24) is 20.2 Å². The molecule has 2 aliphatic rings. The highest BCUT2D eigenvalue weighted by atomic mass is 16.3. The molecule has 0 bridgehead atoms. The highest BCUT2D eigenvalue weighted by molar-refractivity contribution is 5.53. The molecule has 0 radical (unpaired) electrons. The van der Waals surface area contributed by atoms with Gasteiger partial charge in [0.1, 0.15) is 5.82 Å². The maximum absolute atomic E-state index is 10.2. The Kier molecular flexibility index (Phi) is 3.68. The van der Waals surface area contributed by atoms with Gasteiger partial charge in [-0.1, -0.05) is 0 Å². The number of hydrogen-bond acceptors (Lipinski definition) is 6. The number of rotatable bonds is 5. The lowest BCUT2D eigenvalue weighted by molar-refractivity contribution is 0.0263. The van der Waals surface area contributed by atoms with Crippen LogP contribution in [0.15, 0.2) is 18.3 Å². The third-order valence-electron chi connectivity index (χ3n) is 4.98. The summed E-state index contributed by atoms with van der Waals surface area (Å²) < 4.78 is 0. The molecule has 0 aromatic carbocycles. The van der Waals surface area contributed by atoms with Crippen LogP contribution in [-0.2, 0) is 0 Å².